The first kappa shape index (κ1) is 12.3. The van der Waals surface area contributed by atoms with Crippen molar-refractivity contribution in [3.63, 3.8) is 0 Å². The molecule has 0 spiro atoms. The topological polar surface area (TPSA) is 80.4 Å². The Morgan fingerprint density at radius 1 is 1.59 bits per heavy atom. The second-order valence-corrected chi connectivity index (χ2v) is 5.52. The van der Waals surface area contributed by atoms with Crippen molar-refractivity contribution >= 4 is 5.97 Å². The van der Waals surface area contributed by atoms with E-state index in [1.807, 2.05) is 6.92 Å². The van der Waals surface area contributed by atoms with E-state index < -0.39 is 17.3 Å². The number of carboxylic acid groups (broad SMARTS) is 1. The van der Waals surface area contributed by atoms with Gasteiger partial charge in [-0.05, 0) is 31.1 Å². The number of carbonyl (C=O) groups is 1. The highest BCUT2D eigenvalue weighted by molar-refractivity contribution is 5.71. The summed E-state index contributed by atoms with van der Waals surface area (Å²) in [5, 5.41) is 20.1. The molecule has 2 rings (SSSR count). The highest BCUT2D eigenvalue weighted by atomic mass is 16.6. The van der Waals surface area contributed by atoms with Crippen molar-refractivity contribution in [3.8, 4) is 0 Å². The zero-order valence-electron chi connectivity index (χ0n) is 10.1. The van der Waals surface area contributed by atoms with Crippen LogP contribution >= 0.6 is 0 Å². The number of fused-ring (bicyclic) bond motifs is 1. The van der Waals surface area contributed by atoms with Crippen LogP contribution in [0.3, 0.4) is 0 Å². The third kappa shape index (κ3) is 1.81. The molecule has 4 unspecified atom stereocenters. The van der Waals surface area contributed by atoms with E-state index >= 15 is 0 Å². The zero-order chi connectivity index (χ0) is 12.6. The fourth-order valence-electron chi connectivity index (χ4n) is 4.28. The number of aliphatic carboxylic acids is 1. The Morgan fingerprint density at radius 2 is 2.29 bits per heavy atom. The molecular weight excluding hydrogens is 222 g/mol. The fraction of sp³-hybridized carbons (Fsp3) is 0.917. The molecule has 0 aliphatic heterocycles. The summed E-state index contributed by atoms with van der Waals surface area (Å²) in [6.07, 6.45) is 4.43. The lowest BCUT2D eigenvalue weighted by Crippen LogP contribution is -2.56. The Morgan fingerprint density at radius 3 is 2.76 bits per heavy atom. The molecule has 0 amide bonds. The van der Waals surface area contributed by atoms with Crippen molar-refractivity contribution in [1.29, 1.82) is 0 Å². The molecule has 2 aliphatic rings. The minimum absolute atomic E-state index is 0.168. The highest BCUT2D eigenvalue weighted by Crippen LogP contribution is 2.63. The Bertz CT molecular complexity index is 343. The van der Waals surface area contributed by atoms with Crippen molar-refractivity contribution in [1.82, 2.24) is 0 Å². The number of carboxylic acids is 1. The van der Waals surface area contributed by atoms with E-state index in [1.54, 1.807) is 0 Å². The molecular formula is C12H19NO4. The van der Waals surface area contributed by atoms with E-state index in [0.717, 1.165) is 25.7 Å². The summed E-state index contributed by atoms with van der Waals surface area (Å²) in [5.74, 6) is -0.593. The van der Waals surface area contributed by atoms with Gasteiger partial charge in [0.15, 0.2) is 0 Å². The first-order valence-electron chi connectivity index (χ1n) is 6.36. The molecule has 2 saturated carbocycles. The van der Waals surface area contributed by atoms with Gasteiger partial charge >= 0.3 is 5.97 Å². The molecule has 2 aliphatic carbocycles. The van der Waals surface area contributed by atoms with Crippen LogP contribution in [-0.2, 0) is 4.79 Å². The molecule has 2 fully saturated rings. The number of nitrogens with zero attached hydrogens (tertiary/aromatic N) is 1. The lowest BCUT2D eigenvalue weighted by molar-refractivity contribution is -0.510. The Labute approximate surface area is 100 Å². The molecule has 1 N–H and O–H groups in total. The first-order chi connectivity index (χ1) is 8.01. The third-order valence-corrected chi connectivity index (χ3v) is 4.86. The maximum absolute atomic E-state index is 11.3. The number of nitro groups is 1. The van der Waals surface area contributed by atoms with E-state index in [0.29, 0.717) is 12.3 Å². The van der Waals surface area contributed by atoms with Crippen molar-refractivity contribution in [2.24, 2.45) is 23.2 Å². The second-order valence-electron chi connectivity index (χ2n) is 5.52. The monoisotopic (exact) mass is 241 g/mol. The van der Waals surface area contributed by atoms with Crippen LogP contribution < -0.4 is 0 Å². The second kappa shape index (κ2) is 4.27. The predicted octanol–water partition coefficient (Wildman–Crippen LogP) is 2.18. The molecule has 5 heteroatoms. The maximum atomic E-state index is 11.3. The van der Waals surface area contributed by atoms with Gasteiger partial charge in [0.1, 0.15) is 0 Å². The Hall–Kier alpha value is -1.13. The van der Waals surface area contributed by atoms with Crippen LogP contribution in [0.4, 0.5) is 0 Å². The quantitative estimate of drug-likeness (QED) is 0.591. The minimum Gasteiger partial charge on any atom is -0.481 e. The van der Waals surface area contributed by atoms with Crippen molar-refractivity contribution in [3.05, 3.63) is 10.1 Å². The van der Waals surface area contributed by atoms with Crippen LogP contribution in [0.1, 0.15) is 39.0 Å². The van der Waals surface area contributed by atoms with Crippen molar-refractivity contribution in [2.75, 3.05) is 6.54 Å². The van der Waals surface area contributed by atoms with Crippen molar-refractivity contribution in [2.45, 2.75) is 39.0 Å². The van der Waals surface area contributed by atoms with Gasteiger partial charge in [-0.3, -0.25) is 14.9 Å². The first-order valence-corrected chi connectivity index (χ1v) is 6.36. The largest absolute Gasteiger partial charge is 0.481 e. The number of rotatable bonds is 5. The zero-order valence-corrected chi connectivity index (χ0v) is 10.1. The summed E-state index contributed by atoms with van der Waals surface area (Å²) in [6, 6.07) is 0. The SMILES string of the molecule is CCC(C(=O)O)C1(C[N+](=O)[O-])CC2CCCC21. The summed E-state index contributed by atoms with van der Waals surface area (Å²) >= 11 is 0. The summed E-state index contributed by atoms with van der Waals surface area (Å²) < 4.78 is 0. The van der Waals surface area contributed by atoms with Gasteiger partial charge in [0.2, 0.25) is 6.54 Å². The normalized spacial score (nSPS) is 37.0. The fourth-order valence-corrected chi connectivity index (χ4v) is 4.28. The van der Waals surface area contributed by atoms with Gasteiger partial charge in [-0.25, -0.2) is 0 Å². The van der Waals surface area contributed by atoms with Gasteiger partial charge in [0.05, 0.1) is 11.3 Å². The van der Waals surface area contributed by atoms with Gasteiger partial charge < -0.3 is 5.11 Å². The molecule has 0 aromatic heterocycles. The van der Waals surface area contributed by atoms with E-state index in [-0.39, 0.29) is 17.4 Å². The highest BCUT2D eigenvalue weighted by Gasteiger charge is 2.63. The standard InChI is InChI=1S/C12H19NO4/c1-2-9(11(14)15)12(7-13(16)17)6-8-4-3-5-10(8)12/h8-10H,2-7H2,1H3,(H,14,15). The van der Waals surface area contributed by atoms with Crippen LogP contribution in [0.15, 0.2) is 0 Å². The average molecular weight is 241 g/mol. The maximum Gasteiger partial charge on any atom is 0.307 e. The van der Waals surface area contributed by atoms with Gasteiger partial charge in [-0.15, -0.1) is 0 Å². The molecule has 5 nitrogen and oxygen atoms in total. The third-order valence-electron chi connectivity index (χ3n) is 4.86. The van der Waals surface area contributed by atoms with E-state index in [1.165, 1.54) is 0 Å². The van der Waals surface area contributed by atoms with Crippen LogP contribution in [0.2, 0.25) is 0 Å². The molecule has 0 aromatic rings. The Kier molecular flexibility index (Phi) is 3.10. The molecule has 4 atom stereocenters. The van der Waals surface area contributed by atoms with E-state index in [2.05, 4.69) is 0 Å². The summed E-state index contributed by atoms with van der Waals surface area (Å²) in [6.45, 7) is 1.65. The smallest absolute Gasteiger partial charge is 0.307 e. The molecule has 0 heterocycles. The minimum atomic E-state index is -0.861. The van der Waals surface area contributed by atoms with E-state index in [9.17, 15) is 20.0 Å². The van der Waals surface area contributed by atoms with Crippen LogP contribution in [0, 0.1) is 33.3 Å². The van der Waals surface area contributed by atoms with Gasteiger partial charge in [0, 0.05) is 4.92 Å². The lowest BCUT2D eigenvalue weighted by atomic mass is 9.49. The number of hydrogen-bond donors (Lipinski definition) is 1. The summed E-state index contributed by atoms with van der Waals surface area (Å²) in [5.41, 5.74) is -0.564. The molecule has 96 valence electrons. The van der Waals surface area contributed by atoms with Gasteiger partial charge in [-0.2, -0.15) is 0 Å². The Balaban J connectivity index is 2.24. The van der Waals surface area contributed by atoms with Crippen molar-refractivity contribution < 1.29 is 14.8 Å². The molecule has 0 radical (unpaired) electrons. The predicted molar refractivity (Wildman–Crippen MR) is 61.2 cm³/mol. The van der Waals surface area contributed by atoms with Gasteiger partial charge in [-0.1, -0.05) is 19.8 Å². The van der Waals surface area contributed by atoms with Crippen LogP contribution in [-0.4, -0.2) is 22.5 Å². The molecule has 17 heavy (non-hydrogen) atoms. The molecule has 0 bridgehead atoms. The molecule has 0 aromatic carbocycles. The summed E-state index contributed by atoms with van der Waals surface area (Å²) in [7, 11) is 0. The van der Waals surface area contributed by atoms with E-state index in [4.69, 9.17) is 0 Å². The lowest BCUT2D eigenvalue weighted by Gasteiger charge is -2.53. The van der Waals surface area contributed by atoms with Crippen LogP contribution in [0.5, 0.6) is 0 Å². The molecule has 0 saturated heterocycles. The van der Waals surface area contributed by atoms with Gasteiger partial charge in [0.25, 0.3) is 0 Å². The average Bonchev–Trinajstić information content (AvgIpc) is 2.59. The van der Waals surface area contributed by atoms with Crippen LogP contribution in [0.25, 0.3) is 0 Å². The summed E-state index contributed by atoms with van der Waals surface area (Å²) in [4.78, 5) is 21.8. The number of hydrogen-bond acceptors (Lipinski definition) is 3.